The van der Waals surface area contributed by atoms with E-state index in [1.165, 1.54) is 16.8 Å². The number of aromatic nitrogens is 2. The van der Waals surface area contributed by atoms with Crippen LogP contribution in [-0.2, 0) is 4.79 Å². The zero-order chi connectivity index (χ0) is 23.1. The first-order valence-electron chi connectivity index (χ1n) is 10.2. The molecule has 0 atom stereocenters. The number of nitrogens with one attached hydrogen (secondary N) is 1. The lowest BCUT2D eigenvalue weighted by molar-refractivity contribution is -0.114. The molecular weight excluding hydrogens is 436 g/mol. The second-order valence-corrected chi connectivity index (χ2v) is 8.46. The average Bonchev–Trinajstić information content (AvgIpc) is 3.37. The van der Waals surface area contributed by atoms with Crippen LogP contribution in [0.25, 0.3) is 11.8 Å². The van der Waals surface area contributed by atoms with E-state index in [2.05, 4.69) is 19.6 Å². The van der Waals surface area contributed by atoms with Crippen molar-refractivity contribution in [3.63, 3.8) is 0 Å². The van der Waals surface area contributed by atoms with Crippen LogP contribution in [0.3, 0.4) is 0 Å². The van der Waals surface area contributed by atoms with Gasteiger partial charge in [-0.25, -0.2) is 0 Å². The quantitative estimate of drug-likeness (QED) is 0.595. The monoisotopic (exact) mass is 456 g/mol. The lowest BCUT2D eigenvalue weighted by Gasteiger charge is -2.20. The Balaban J connectivity index is 1.53. The van der Waals surface area contributed by atoms with E-state index >= 15 is 0 Å². The van der Waals surface area contributed by atoms with Gasteiger partial charge in [-0.15, -0.1) is 0 Å². The van der Waals surface area contributed by atoms with E-state index in [9.17, 15) is 4.79 Å². The highest BCUT2D eigenvalue weighted by Gasteiger charge is 2.36. The molecule has 33 heavy (non-hydrogen) atoms. The van der Waals surface area contributed by atoms with Gasteiger partial charge in [-0.2, -0.15) is 15.1 Å². The number of carbonyl (C=O) groups is 1. The van der Waals surface area contributed by atoms with E-state index in [1.54, 1.807) is 25.6 Å². The second-order valence-electron chi connectivity index (χ2n) is 7.50. The number of thioether (sulfide) groups is 1. The number of hydrogen-bond donors (Lipinski definition) is 1. The van der Waals surface area contributed by atoms with E-state index in [0.717, 1.165) is 34.0 Å². The van der Waals surface area contributed by atoms with Crippen LogP contribution in [0.2, 0.25) is 0 Å². The van der Waals surface area contributed by atoms with Crippen molar-refractivity contribution in [3.8, 4) is 11.4 Å². The molecule has 0 unspecified atom stereocenters. The number of aryl methyl sites for hydroxylation is 1. The summed E-state index contributed by atoms with van der Waals surface area (Å²) < 4.78 is 7.60. The van der Waals surface area contributed by atoms with E-state index in [1.807, 2.05) is 56.3 Å². The highest BCUT2D eigenvalue weighted by atomic mass is 32.2. The highest BCUT2D eigenvalue weighted by Crippen LogP contribution is 2.32. The maximum absolute atomic E-state index is 12.8. The van der Waals surface area contributed by atoms with Crippen LogP contribution < -0.4 is 4.74 Å². The summed E-state index contributed by atoms with van der Waals surface area (Å²) in [6.45, 7) is 3.97. The smallest absolute Gasteiger partial charge is 0.283 e. The van der Waals surface area contributed by atoms with Crippen molar-refractivity contribution in [3.05, 3.63) is 82.9 Å². The number of ether oxygens (including phenoxy) is 1. The zero-order valence-corrected chi connectivity index (χ0v) is 19.1. The molecule has 5 rings (SSSR count). The third-order valence-corrected chi connectivity index (χ3v) is 6.42. The molecular formula is C24H20N6O2S. The summed E-state index contributed by atoms with van der Waals surface area (Å²) >= 11 is 1.25. The number of hydrogen-bond acceptors (Lipinski definition) is 6. The Morgan fingerprint density at radius 2 is 1.97 bits per heavy atom. The van der Waals surface area contributed by atoms with Gasteiger partial charge in [-0.1, -0.05) is 12.1 Å². The van der Waals surface area contributed by atoms with Crippen molar-refractivity contribution >= 4 is 39.8 Å². The first-order valence-corrected chi connectivity index (χ1v) is 11.0. The van der Waals surface area contributed by atoms with Gasteiger partial charge < -0.3 is 9.30 Å². The number of methoxy groups -OCH3 is 1. The van der Waals surface area contributed by atoms with E-state index in [0.29, 0.717) is 10.2 Å². The molecule has 0 aliphatic carbocycles. The average molecular weight is 457 g/mol. The normalized spacial score (nSPS) is 16.7. The van der Waals surface area contributed by atoms with Crippen LogP contribution in [0, 0.1) is 19.3 Å². The fraction of sp³-hybridized carbons (Fsp3) is 0.125. The zero-order valence-electron chi connectivity index (χ0n) is 18.2. The number of hydrazone groups is 1. The lowest BCUT2D eigenvalue weighted by Crippen LogP contribution is -2.35. The molecule has 0 bridgehead atoms. The summed E-state index contributed by atoms with van der Waals surface area (Å²) in [5.41, 5.74) is 4.65. The standard InChI is InChI=1S/C24H20N6O2S/c1-14-11-17(15(2)29(14)19-8-4-5-9-20(19)32-3)12-18-21(25)30-24(27-22(18)31)33-23(28-30)16-7-6-10-26-13-16/h4-13,25H,1-3H3. The summed E-state index contributed by atoms with van der Waals surface area (Å²) in [7, 11) is 1.64. The molecule has 8 nitrogen and oxygen atoms in total. The fourth-order valence-electron chi connectivity index (χ4n) is 3.87. The third kappa shape index (κ3) is 3.56. The predicted molar refractivity (Wildman–Crippen MR) is 130 cm³/mol. The number of carbonyl (C=O) groups excluding carboxylic acids is 1. The Hall–Kier alpha value is -3.98. The van der Waals surface area contributed by atoms with Crippen molar-refractivity contribution in [2.75, 3.05) is 7.11 Å². The number of para-hydroxylation sites is 2. The number of nitrogens with zero attached hydrogens (tertiary/aromatic N) is 5. The van der Waals surface area contributed by atoms with Crippen LogP contribution in [0.1, 0.15) is 22.5 Å². The lowest BCUT2D eigenvalue weighted by atomic mass is 10.1. The molecule has 0 saturated carbocycles. The molecule has 164 valence electrons. The number of benzene rings is 1. The second kappa shape index (κ2) is 8.18. The highest BCUT2D eigenvalue weighted by molar-refractivity contribution is 8.27. The van der Waals surface area contributed by atoms with Gasteiger partial charge in [0, 0.05) is 29.3 Å². The van der Waals surface area contributed by atoms with Crippen LogP contribution in [0.15, 0.2) is 70.5 Å². The molecule has 4 heterocycles. The largest absolute Gasteiger partial charge is 0.495 e. The molecule has 1 amide bonds. The van der Waals surface area contributed by atoms with Crippen LogP contribution in [0.4, 0.5) is 0 Å². The van der Waals surface area contributed by atoms with Crippen molar-refractivity contribution in [2.24, 2.45) is 10.1 Å². The molecule has 1 aromatic carbocycles. The Bertz CT molecular complexity index is 1390. The fourth-order valence-corrected chi connectivity index (χ4v) is 4.75. The van der Waals surface area contributed by atoms with Gasteiger partial charge in [0.15, 0.2) is 5.84 Å². The Labute approximate surface area is 194 Å². The Morgan fingerprint density at radius 1 is 1.15 bits per heavy atom. The molecule has 0 fully saturated rings. The molecule has 3 aromatic rings. The van der Waals surface area contributed by atoms with Crippen molar-refractivity contribution < 1.29 is 9.53 Å². The molecule has 1 N–H and O–H groups in total. The molecule has 0 spiro atoms. The number of amides is 1. The number of amidine groups is 2. The maximum Gasteiger partial charge on any atom is 0.283 e. The van der Waals surface area contributed by atoms with E-state index in [4.69, 9.17) is 10.1 Å². The van der Waals surface area contributed by atoms with Crippen LogP contribution in [0.5, 0.6) is 5.75 Å². The molecule has 0 radical (unpaired) electrons. The Kier molecular flexibility index (Phi) is 5.18. The third-order valence-electron chi connectivity index (χ3n) is 5.46. The van der Waals surface area contributed by atoms with E-state index in [-0.39, 0.29) is 11.4 Å². The van der Waals surface area contributed by atoms with Crippen LogP contribution in [-0.4, -0.2) is 43.6 Å². The van der Waals surface area contributed by atoms with Crippen LogP contribution >= 0.6 is 11.8 Å². The molecule has 2 aliphatic heterocycles. The minimum Gasteiger partial charge on any atom is -0.495 e. The predicted octanol–water partition coefficient (Wildman–Crippen LogP) is 4.17. The van der Waals surface area contributed by atoms with Gasteiger partial charge in [0.2, 0.25) is 5.17 Å². The summed E-state index contributed by atoms with van der Waals surface area (Å²) in [4.78, 5) is 21.1. The summed E-state index contributed by atoms with van der Waals surface area (Å²) in [5, 5.41) is 15.6. The maximum atomic E-state index is 12.8. The summed E-state index contributed by atoms with van der Waals surface area (Å²) in [6.07, 6.45) is 5.09. The molecule has 0 saturated heterocycles. The Morgan fingerprint density at radius 3 is 2.73 bits per heavy atom. The molecule has 9 heteroatoms. The van der Waals surface area contributed by atoms with Crippen molar-refractivity contribution in [1.82, 2.24) is 14.6 Å². The van der Waals surface area contributed by atoms with E-state index < -0.39 is 5.91 Å². The number of aliphatic imine (C=N–C) groups is 1. The van der Waals surface area contributed by atoms with Gasteiger partial charge in [0.1, 0.15) is 10.8 Å². The van der Waals surface area contributed by atoms with Crippen molar-refractivity contribution in [1.29, 1.82) is 5.41 Å². The van der Waals surface area contributed by atoms with Gasteiger partial charge in [0.05, 0.1) is 18.4 Å². The number of fused-ring (bicyclic) bond motifs is 1. The molecule has 2 aromatic heterocycles. The minimum atomic E-state index is -0.455. The summed E-state index contributed by atoms with van der Waals surface area (Å²) in [6, 6.07) is 13.4. The minimum absolute atomic E-state index is 0.00140. The number of rotatable bonds is 4. The first-order chi connectivity index (χ1) is 16.0. The van der Waals surface area contributed by atoms with Gasteiger partial charge in [-0.3, -0.25) is 15.2 Å². The van der Waals surface area contributed by atoms with Gasteiger partial charge in [-0.05, 0) is 67.6 Å². The summed E-state index contributed by atoms with van der Waals surface area (Å²) in [5.74, 6) is 0.294. The first kappa shape index (κ1) is 20.9. The van der Waals surface area contributed by atoms with Gasteiger partial charge in [0.25, 0.3) is 5.91 Å². The number of pyridine rings is 1. The van der Waals surface area contributed by atoms with Gasteiger partial charge >= 0.3 is 0 Å². The SMILES string of the molecule is COc1ccccc1-n1c(C)cc(C=C2C(=N)N3N=C(c4cccnc4)SC3=NC2=O)c1C. The topological polar surface area (TPSA) is 95.9 Å². The molecule has 2 aliphatic rings. The van der Waals surface area contributed by atoms with Crippen molar-refractivity contribution in [2.45, 2.75) is 13.8 Å².